The predicted octanol–water partition coefficient (Wildman–Crippen LogP) is 2.21. The van der Waals surface area contributed by atoms with Gasteiger partial charge < -0.3 is 14.4 Å². The van der Waals surface area contributed by atoms with Gasteiger partial charge in [-0.3, -0.25) is 4.79 Å². The fraction of sp³-hybridized carbons (Fsp3) is 0.286. The number of hydrogen-bond donors (Lipinski definition) is 1. The molecule has 2 aromatic rings. The maximum atomic E-state index is 10.5. The van der Waals surface area contributed by atoms with Gasteiger partial charge in [0.15, 0.2) is 0 Å². The maximum absolute atomic E-state index is 10.5. The summed E-state index contributed by atoms with van der Waals surface area (Å²) in [6, 6.07) is 5.88. The standard InChI is InChI=1S/C14H16N2O3/c1-10-3-5-13(19-2)12(7-10)16-8-11(15-9-16)4-6-14(17)18/h3,5,7-9H,4,6H2,1-2H3,(H,17,18). The molecule has 0 aliphatic heterocycles. The van der Waals surface area contributed by atoms with E-state index in [0.717, 1.165) is 22.7 Å². The lowest BCUT2D eigenvalue weighted by Gasteiger charge is -2.09. The Hall–Kier alpha value is -2.30. The molecular formula is C14H16N2O3. The summed E-state index contributed by atoms with van der Waals surface area (Å²) >= 11 is 0. The lowest BCUT2D eigenvalue weighted by molar-refractivity contribution is -0.136. The molecule has 1 N–H and O–H groups in total. The van der Waals surface area contributed by atoms with E-state index in [0.29, 0.717) is 6.42 Å². The highest BCUT2D eigenvalue weighted by Gasteiger charge is 2.08. The third kappa shape index (κ3) is 3.13. The summed E-state index contributed by atoms with van der Waals surface area (Å²) in [6.45, 7) is 2.01. The first-order chi connectivity index (χ1) is 9.10. The Morgan fingerprint density at radius 3 is 2.95 bits per heavy atom. The van der Waals surface area contributed by atoms with Crippen LogP contribution in [-0.4, -0.2) is 27.7 Å². The van der Waals surface area contributed by atoms with Gasteiger partial charge in [0, 0.05) is 12.6 Å². The van der Waals surface area contributed by atoms with Gasteiger partial charge in [-0.1, -0.05) is 6.07 Å². The van der Waals surface area contributed by atoms with Gasteiger partial charge in [-0.15, -0.1) is 0 Å². The van der Waals surface area contributed by atoms with Crippen molar-refractivity contribution in [1.29, 1.82) is 0 Å². The van der Waals surface area contributed by atoms with Crippen LogP contribution in [0.3, 0.4) is 0 Å². The second-order valence-electron chi connectivity index (χ2n) is 4.34. The first-order valence-corrected chi connectivity index (χ1v) is 6.00. The monoisotopic (exact) mass is 260 g/mol. The van der Waals surface area contributed by atoms with Crippen molar-refractivity contribution in [3.05, 3.63) is 42.0 Å². The smallest absolute Gasteiger partial charge is 0.303 e. The summed E-state index contributed by atoms with van der Waals surface area (Å²) in [5, 5.41) is 8.66. The zero-order valence-corrected chi connectivity index (χ0v) is 11.0. The van der Waals surface area contributed by atoms with Crippen LogP contribution in [0, 0.1) is 6.92 Å². The number of ether oxygens (including phenoxy) is 1. The normalized spacial score (nSPS) is 10.4. The average molecular weight is 260 g/mol. The lowest BCUT2D eigenvalue weighted by atomic mass is 10.2. The molecule has 1 heterocycles. The van der Waals surface area contributed by atoms with Gasteiger partial charge >= 0.3 is 5.97 Å². The Morgan fingerprint density at radius 1 is 1.47 bits per heavy atom. The van der Waals surface area contributed by atoms with Crippen LogP contribution in [-0.2, 0) is 11.2 Å². The van der Waals surface area contributed by atoms with E-state index in [1.54, 1.807) is 13.4 Å². The second kappa shape index (κ2) is 5.56. The van der Waals surface area contributed by atoms with Crippen molar-refractivity contribution in [3.8, 4) is 11.4 Å². The molecule has 0 atom stereocenters. The van der Waals surface area contributed by atoms with Crippen LogP contribution in [0.1, 0.15) is 17.7 Å². The predicted molar refractivity (Wildman–Crippen MR) is 70.8 cm³/mol. The van der Waals surface area contributed by atoms with Crippen molar-refractivity contribution in [2.45, 2.75) is 19.8 Å². The van der Waals surface area contributed by atoms with Crippen molar-refractivity contribution in [2.24, 2.45) is 0 Å². The molecule has 0 amide bonds. The summed E-state index contributed by atoms with van der Waals surface area (Å²) in [7, 11) is 1.62. The number of aliphatic carboxylic acids is 1. The Labute approximate surface area is 111 Å². The summed E-state index contributed by atoms with van der Waals surface area (Å²) in [4.78, 5) is 14.8. The van der Waals surface area contributed by atoms with Crippen LogP contribution in [0.5, 0.6) is 5.75 Å². The molecule has 0 saturated carbocycles. The van der Waals surface area contributed by atoms with Crippen LogP contribution in [0.25, 0.3) is 5.69 Å². The molecule has 0 spiro atoms. The number of imidazole rings is 1. The van der Waals surface area contributed by atoms with Gasteiger partial charge in [-0.25, -0.2) is 4.98 Å². The van der Waals surface area contributed by atoms with Crippen LogP contribution < -0.4 is 4.74 Å². The number of carboxylic acid groups (broad SMARTS) is 1. The third-order valence-electron chi connectivity index (χ3n) is 2.84. The van der Waals surface area contributed by atoms with E-state index in [2.05, 4.69) is 4.98 Å². The largest absolute Gasteiger partial charge is 0.495 e. The van der Waals surface area contributed by atoms with Crippen LogP contribution in [0.15, 0.2) is 30.7 Å². The van der Waals surface area contributed by atoms with Crippen molar-refractivity contribution in [2.75, 3.05) is 7.11 Å². The molecule has 19 heavy (non-hydrogen) atoms. The number of nitrogens with zero attached hydrogens (tertiary/aromatic N) is 2. The second-order valence-corrected chi connectivity index (χ2v) is 4.34. The number of carboxylic acids is 1. The number of rotatable bonds is 5. The third-order valence-corrected chi connectivity index (χ3v) is 2.84. The average Bonchev–Trinajstić information content (AvgIpc) is 2.85. The first-order valence-electron chi connectivity index (χ1n) is 6.00. The highest BCUT2D eigenvalue weighted by molar-refractivity contribution is 5.66. The van der Waals surface area contributed by atoms with E-state index in [1.165, 1.54) is 0 Å². The van der Waals surface area contributed by atoms with Gasteiger partial charge in [-0.05, 0) is 24.6 Å². The maximum Gasteiger partial charge on any atom is 0.303 e. The summed E-state index contributed by atoms with van der Waals surface area (Å²) in [5.41, 5.74) is 2.78. The minimum atomic E-state index is -0.817. The van der Waals surface area contributed by atoms with Crippen molar-refractivity contribution in [3.63, 3.8) is 0 Å². The Balaban J connectivity index is 2.27. The van der Waals surface area contributed by atoms with E-state index in [-0.39, 0.29) is 6.42 Å². The number of methoxy groups -OCH3 is 1. The fourth-order valence-corrected chi connectivity index (χ4v) is 1.86. The number of carbonyl (C=O) groups is 1. The van der Waals surface area contributed by atoms with E-state index < -0.39 is 5.97 Å². The number of benzene rings is 1. The van der Waals surface area contributed by atoms with Crippen LogP contribution >= 0.6 is 0 Å². The molecule has 100 valence electrons. The zero-order chi connectivity index (χ0) is 13.8. The lowest BCUT2D eigenvalue weighted by Crippen LogP contribution is -1.98. The molecular weight excluding hydrogens is 244 g/mol. The van der Waals surface area contributed by atoms with Crippen LogP contribution in [0.4, 0.5) is 0 Å². The summed E-state index contributed by atoms with van der Waals surface area (Å²) in [5.74, 6) is -0.0597. The van der Waals surface area contributed by atoms with E-state index in [1.807, 2.05) is 35.9 Å². The topological polar surface area (TPSA) is 64.4 Å². The summed E-state index contributed by atoms with van der Waals surface area (Å²) < 4.78 is 7.17. The number of hydrogen-bond acceptors (Lipinski definition) is 3. The van der Waals surface area contributed by atoms with Crippen LogP contribution in [0.2, 0.25) is 0 Å². The van der Waals surface area contributed by atoms with E-state index >= 15 is 0 Å². The molecule has 2 rings (SSSR count). The zero-order valence-electron chi connectivity index (χ0n) is 11.0. The highest BCUT2D eigenvalue weighted by Crippen LogP contribution is 2.24. The van der Waals surface area contributed by atoms with E-state index in [4.69, 9.17) is 9.84 Å². The van der Waals surface area contributed by atoms with Gasteiger partial charge in [0.2, 0.25) is 0 Å². The summed E-state index contributed by atoms with van der Waals surface area (Å²) in [6.07, 6.45) is 4.02. The molecule has 5 nitrogen and oxygen atoms in total. The van der Waals surface area contributed by atoms with Gasteiger partial charge in [0.1, 0.15) is 5.75 Å². The van der Waals surface area contributed by atoms with E-state index in [9.17, 15) is 4.79 Å². The molecule has 1 aromatic heterocycles. The molecule has 0 unspecified atom stereocenters. The Bertz CT molecular complexity index is 590. The van der Waals surface area contributed by atoms with Gasteiger partial charge in [-0.2, -0.15) is 0 Å². The highest BCUT2D eigenvalue weighted by atomic mass is 16.5. The van der Waals surface area contributed by atoms with Crippen molar-refractivity contribution >= 4 is 5.97 Å². The first kappa shape index (κ1) is 13.1. The molecule has 0 bridgehead atoms. The number of aromatic nitrogens is 2. The Kier molecular flexibility index (Phi) is 3.85. The molecule has 0 aliphatic carbocycles. The SMILES string of the molecule is COc1ccc(C)cc1-n1cnc(CCC(=O)O)c1. The van der Waals surface area contributed by atoms with Gasteiger partial charge in [0.05, 0.1) is 31.2 Å². The molecule has 1 aromatic carbocycles. The van der Waals surface area contributed by atoms with Crippen molar-refractivity contribution in [1.82, 2.24) is 9.55 Å². The minimum Gasteiger partial charge on any atom is -0.495 e. The molecule has 0 radical (unpaired) electrons. The molecule has 5 heteroatoms. The Morgan fingerprint density at radius 2 is 2.26 bits per heavy atom. The quantitative estimate of drug-likeness (QED) is 0.895. The number of aryl methyl sites for hydroxylation is 2. The van der Waals surface area contributed by atoms with Crippen molar-refractivity contribution < 1.29 is 14.6 Å². The molecule has 0 saturated heterocycles. The fourth-order valence-electron chi connectivity index (χ4n) is 1.86. The minimum absolute atomic E-state index is 0.0853. The molecule has 0 aliphatic rings. The van der Waals surface area contributed by atoms with Gasteiger partial charge in [0.25, 0.3) is 0 Å². The molecule has 0 fully saturated rings.